The molecule has 0 radical (unpaired) electrons. The molecule has 2 amide bonds. The van der Waals surface area contributed by atoms with E-state index in [2.05, 4.69) is 17.2 Å². The molecule has 0 rings (SSSR count). The van der Waals surface area contributed by atoms with Crippen molar-refractivity contribution in [1.29, 1.82) is 0 Å². The molecule has 0 aliphatic heterocycles. The lowest BCUT2D eigenvalue weighted by Crippen LogP contribution is -2.27. The van der Waals surface area contributed by atoms with Gasteiger partial charge in [0.25, 0.3) is 0 Å². The Morgan fingerprint density at radius 2 is 1.52 bits per heavy atom. The first-order chi connectivity index (χ1) is 9.88. The molecule has 0 aliphatic carbocycles. The summed E-state index contributed by atoms with van der Waals surface area (Å²) in [7, 11) is -1.69. The lowest BCUT2D eigenvalue weighted by molar-refractivity contribution is 0.151. The van der Waals surface area contributed by atoms with Gasteiger partial charge in [-0.05, 0) is 17.5 Å². The fourth-order valence-electron chi connectivity index (χ4n) is 1.98. The van der Waals surface area contributed by atoms with Crippen molar-refractivity contribution in [2.24, 2.45) is 10.2 Å². The summed E-state index contributed by atoms with van der Waals surface area (Å²) < 4.78 is 10.2. The van der Waals surface area contributed by atoms with Crippen LogP contribution in [0.3, 0.4) is 0 Å². The molecule has 0 fully saturated rings. The third kappa shape index (κ3) is 10.2. The van der Waals surface area contributed by atoms with Gasteiger partial charge in [0.05, 0.1) is 6.61 Å². The van der Waals surface area contributed by atoms with Crippen molar-refractivity contribution in [2.45, 2.75) is 71.4 Å². The van der Waals surface area contributed by atoms with Gasteiger partial charge in [-0.25, -0.2) is 9.59 Å². The summed E-state index contributed by atoms with van der Waals surface area (Å²) in [6.07, 6.45) is 2.42. The van der Waals surface area contributed by atoms with Crippen LogP contribution < -0.4 is 0 Å². The maximum absolute atomic E-state index is 11.5. The van der Waals surface area contributed by atoms with Crippen molar-refractivity contribution in [3.8, 4) is 0 Å². The number of amides is 2. The average Bonchev–Trinajstić information content (AvgIpc) is 2.41. The molecule has 0 N–H and O–H groups in total. The van der Waals surface area contributed by atoms with Crippen LogP contribution in [-0.4, -0.2) is 27.8 Å². The fraction of sp³-hybridized carbons (Fsp3) is 0.857. The molecule has 0 saturated heterocycles. The predicted molar refractivity (Wildman–Crippen MR) is 84.2 cm³/mol. The fourth-order valence-corrected chi connectivity index (χ4v) is 4.34. The number of unbranched alkanes of at least 4 members (excludes halogenated alkanes) is 3. The molecule has 0 heterocycles. The lowest BCUT2D eigenvalue weighted by atomic mass is 10.2. The smallest absolute Gasteiger partial charge is 0.452 e. The normalized spacial score (nSPS) is 11.6. The number of carbonyl (C=O) groups is 2. The molecule has 0 bridgehead atoms. The minimum Gasteiger partial charge on any atom is -0.503 e. The summed E-state index contributed by atoms with van der Waals surface area (Å²) in [4.78, 5) is 22.8. The van der Waals surface area contributed by atoms with Crippen LogP contribution in [0.5, 0.6) is 0 Å². The maximum Gasteiger partial charge on any atom is 0.452 e. The van der Waals surface area contributed by atoms with E-state index in [1.54, 1.807) is 0 Å². The van der Waals surface area contributed by atoms with Crippen molar-refractivity contribution in [1.82, 2.24) is 0 Å². The van der Waals surface area contributed by atoms with E-state index in [0.717, 1.165) is 25.7 Å². The number of hydrogen-bond acceptors (Lipinski definition) is 4. The number of rotatable bonds is 8. The largest absolute Gasteiger partial charge is 0.503 e. The Bertz CT molecular complexity index is 338. The van der Waals surface area contributed by atoms with Gasteiger partial charge in [0.1, 0.15) is 0 Å². The van der Waals surface area contributed by atoms with Crippen LogP contribution in [0, 0.1) is 0 Å². The average molecular weight is 316 g/mol. The number of ether oxygens (including phenoxy) is 1. The molecular formula is C14H28N2O4Si. The Balaban J connectivity index is 4.04. The van der Waals surface area contributed by atoms with Crippen LogP contribution in [0.1, 0.15) is 60.3 Å². The zero-order valence-electron chi connectivity index (χ0n) is 13.8. The van der Waals surface area contributed by atoms with E-state index in [9.17, 15) is 9.59 Å². The molecule has 21 heavy (non-hydrogen) atoms. The summed E-state index contributed by atoms with van der Waals surface area (Å²) in [5.41, 5.74) is 0.629. The van der Waals surface area contributed by atoms with Gasteiger partial charge in [-0.3, -0.25) is 0 Å². The van der Waals surface area contributed by atoms with Crippen molar-refractivity contribution in [3.63, 3.8) is 0 Å². The standard InChI is InChI=1S/C14H28N2O4Si/c1-6-7-8-9-10-19-13(17)15-16-14(18)20-21(11(2)3)12(4)5/h11-12,21H,6-10H2,1-5H3. The molecule has 0 unspecified atom stereocenters. The predicted octanol–water partition coefficient (Wildman–Crippen LogP) is 4.84. The van der Waals surface area contributed by atoms with Crippen LogP contribution in [0.2, 0.25) is 11.1 Å². The molecule has 7 heteroatoms. The maximum atomic E-state index is 11.5. The number of azo groups is 1. The topological polar surface area (TPSA) is 77.3 Å². The van der Waals surface area contributed by atoms with Crippen LogP contribution in [0.4, 0.5) is 9.59 Å². The zero-order valence-corrected chi connectivity index (χ0v) is 14.9. The first kappa shape index (κ1) is 19.8. The van der Waals surface area contributed by atoms with Crippen molar-refractivity contribution < 1.29 is 18.8 Å². The van der Waals surface area contributed by atoms with E-state index in [1.165, 1.54) is 0 Å². The first-order valence-electron chi connectivity index (χ1n) is 7.67. The molecular weight excluding hydrogens is 288 g/mol. The summed E-state index contributed by atoms with van der Waals surface area (Å²) in [6.45, 7) is 10.5. The molecule has 0 aromatic heterocycles. The van der Waals surface area contributed by atoms with E-state index < -0.39 is 21.2 Å². The molecule has 0 atom stereocenters. The molecule has 0 aromatic carbocycles. The van der Waals surface area contributed by atoms with Gasteiger partial charge in [-0.2, -0.15) is 0 Å². The van der Waals surface area contributed by atoms with Crippen LogP contribution in [-0.2, 0) is 9.16 Å². The van der Waals surface area contributed by atoms with Crippen molar-refractivity contribution in [2.75, 3.05) is 6.61 Å². The van der Waals surface area contributed by atoms with E-state index >= 15 is 0 Å². The zero-order chi connectivity index (χ0) is 16.3. The van der Waals surface area contributed by atoms with Gasteiger partial charge >= 0.3 is 12.2 Å². The van der Waals surface area contributed by atoms with Crippen LogP contribution >= 0.6 is 0 Å². The second-order valence-corrected chi connectivity index (χ2v) is 9.54. The second kappa shape index (κ2) is 11.4. The third-order valence-electron chi connectivity index (χ3n) is 2.99. The van der Waals surface area contributed by atoms with Gasteiger partial charge < -0.3 is 9.16 Å². The highest BCUT2D eigenvalue weighted by Gasteiger charge is 2.25. The minimum absolute atomic E-state index is 0.308. The van der Waals surface area contributed by atoms with Gasteiger partial charge in [-0.15, -0.1) is 0 Å². The first-order valence-corrected chi connectivity index (χ1v) is 9.48. The minimum atomic E-state index is -1.69. The Kier molecular flexibility index (Phi) is 10.7. The molecule has 122 valence electrons. The molecule has 0 aliphatic rings. The quantitative estimate of drug-likeness (QED) is 0.365. The highest BCUT2D eigenvalue weighted by Crippen LogP contribution is 2.21. The van der Waals surface area contributed by atoms with Gasteiger partial charge in [0.15, 0.2) is 0 Å². The van der Waals surface area contributed by atoms with Gasteiger partial charge in [0, 0.05) is 0 Å². The van der Waals surface area contributed by atoms with Gasteiger partial charge in [0.2, 0.25) is 9.04 Å². The van der Waals surface area contributed by atoms with E-state index in [4.69, 9.17) is 9.16 Å². The second-order valence-electron chi connectivity index (χ2n) is 5.71. The van der Waals surface area contributed by atoms with E-state index in [0.29, 0.717) is 17.7 Å². The summed E-state index contributed by atoms with van der Waals surface area (Å²) in [5, 5.41) is 6.49. The monoisotopic (exact) mass is 316 g/mol. The van der Waals surface area contributed by atoms with E-state index in [-0.39, 0.29) is 0 Å². The van der Waals surface area contributed by atoms with E-state index in [1.807, 2.05) is 27.7 Å². The number of carbonyl (C=O) groups excluding carboxylic acids is 2. The Hall–Kier alpha value is -1.24. The molecule has 0 aromatic rings. The van der Waals surface area contributed by atoms with Crippen molar-refractivity contribution in [3.05, 3.63) is 0 Å². The lowest BCUT2D eigenvalue weighted by Gasteiger charge is -2.21. The summed E-state index contributed by atoms with van der Waals surface area (Å²) in [5.74, 6) is 0. The Morgan fingerprint density at radius 3 is 2.05 bits per heavy atom. The summed E-state index contributed by atoms with van der Waals surface area (Å²) >= 11 is 0. The molecule has 6 nitrogen and oxygen atoms in total. The SMILES string of the molecule is CCCCCCOC(=O)N=NC(=O)O[SiH](C(C)C)C(C)C. The number of nitrogens with zero attached hydrogens (tertiary/aromatic N) is 2. The molecule has 0 spiro atoms. The van der Waals surface area contributed by atoms with Crippen LogP contribution in [0.15, 0.2) is 10.2 Å². The summed E-state index contributed by atoms with van der Waals surface area (Å²) in [6, 6.07) is 0. The van der Waals surface area contributed by atoms with Gasteiger partial charge in [-0.1, -0.05) is 64.1 Å². The third-order valence-corrected chi connectivity index (χ3v) is 6.09. The number of hydrogen-bond donors (Lipinski definition) is 0. The highest BCUT2D eigenvalue weighted by atomic mass is 28.3. The molecule has 0 saturated carbocycles. The Morgan fingerprint density at radius 1 is 0.952 bits per heavy atom. The highest BCUT2D eigenvalue weighted by molar-refractivity contribution is 6.56. The van der Waals surface area contributed by atoms with Crippen LogP contribution in [0.25, 0.3) is 0 Å². The van der Waals surface area contributed by atoms with Crippen molar-refractivity contribution >= 4 is 21.2 Å². The Labute approximate surface area is 129 Å².